The van der Waals surface area contributed by atoms with E-state index >= 15 is 0 Å². The van der Waals surface area contributed by atoms with Crippen LogP contribution in [0.5, 0.6) is 11.5 Å². The first-order valence-electron chi connectivity index (χ1n) is 9.37. The fraction of sp³-hybridized carbons (Fsp3) is 0.136. The average Bonchev–Trinajstić information content (AvgIpc) is 2.80. The molecule has 1 heterocycles. The van der Waals surface area contributed by atoms with Gasteiger partial charge >= 0.3 is 11.9 Å². The van der Waals surface area contributed by atoms with Crippen LogP contribution in [0.1, 0.15) is 15.9 Å². The molecule has 0 spiro atoms. The Morgan fingerprint density at radius 1 is 1.12 bits per heavy atom. The monoisotopic (exact) mass is 470 g/mol. The number of aromatic carboxylic acids is 1. The smallest absolute Gasteiger partial charge is 0.343 e. The molecule has 2 aromatic rings. The van der Waals surface area contributed by atoms with Crippen molar-refractivity contribution in [3.8, 4) is 11.5 Å². The molecule has 0 aromatic heterocycles. The van der Waals surface area contributed by atoms with E-state index < -0.39 is 23.8 Å². The van der Waals surface area contributed by atoms with Crippen LogP contribution in [0.4, 0.5) is 5.69 Å². The number of nitrogens with zero attached hydrogens (tertiary/aromatic N) is 1. The maximum atomic E-state index is 13.1. The Labute approximate surface area is 193 Å². The number of ether oxygens (including phenoxy) is 3. The van der Waals surface area contributed by atoms with Gasteiger partial charge in [-0.2, -0.15) is 0 Å². The van der Waals surface area contributed by atoms with E-state index in [9.17, 15) is 24.3 Å². The van der Waals surface area contributed by atoms with Crippen LogP contribution in [0.3, 0.4) is 0 Å². The number of hydrogen-bond donors (Lipinski definition) is 2. The van der Waals surface area contributed by atoms with Crippen molar-refractivity contribution in [3.63, 3.8) is 0 Å². The average molecular weight is 470 g/mol. The number of methoxy groups -OCH3 is 2. The number of anilines is 1. The van der Waals surface area contributed by atoms with Crippen LogP contribution in [0, 0.1) is 0 Å². The van der Waals surface area contributed by atoms with E-state index in [1.807, 2.05) is 0 Å². The lowest BCUT2D eigenvalue weighted by molar-refractivity contribution is -0.143. The third kappa shape index (κ3) is 5.15. The van der Waals surface area contributed by atoms with Crippen molar-refractivity contribution in [1.29, 1.82) is 0 Å². The second-order valence-corrected chi connectivity index (χ2v) is 6.98. The number of nitrogens with one attached hydrogen (secondary N) is 1. The molecule has 0 unspecified atom stereocenters. The van der Waals surface area contributed by atoms with Gasteiger partial charge in [-0.25, -0.2) is 9.59 Å². The third-order valence-electron chi connectivity index (χ3n) is 4.52. The van der Waals surface area contributed by atoms with E-state index in [0.29, 0.717) is 5.56 Å². The first kappa shape index (κ1) is 23.4. The van der Waals surface area contributed by atoms with Crippen molar-refractivity contribution in [2.75, 3.05) is 25.7 Å². The Hall–Kier alpha value is -4.25. The molecule has 0 saturated carbocycles. The summed E-state index contributed by atoms with van der Waals surface area (Å²) in [7, 11) is 2.63. The van der Waals surface area contributed by atoms with E-state index in [1.165, 1.54) is 56.7 Å². The van der Waals surface area contributed by atoms with Crippen molar-refractivity contribution in [3.05, 3.63) is 59.2 Å². The van der Waals surface area contributed by atoms with E-state index in [1.54, 1.807) is 6.07 Å². The number of esters is 1. The number of thiocarbonyl (C=S) groups is 1. The van der Waals surface area contributed by atoms with Gasteiger partial charge in [-0.05, 0) is 54.2 Å². The molecule has 2 amide bonds. The number of amides is 2. The summed E-state index contributed by atoms with van der Waals surface area (Å²) in [5.74, 6) is -2.66. The second-order valence-electron chi connectivity index (χ2n) is 6.59. The van der Waals surface area contributed by atoms with Crippen molar-refractivity contribution in [2.45, 2.75) is 0 Å². The minimum absolute atomic E-state index is 0.0437. The van der Waals surface area contributed by atoms with Gasteiger partial charge in [-0.1, -0.05) is 12.1 Å². The summed E-state index contributed by atoms with van der Waals surface area (Å²) in [6, 6.07) is 10.2. The lowest BCUT2D eigenvalue weighted by Gasteiger charge is -2.29. The fourth-order valence-corrected chi connectivity index (χ4v) is 3.21. The molecule has 1 aliphatic heterocycles. The molecule has 2 N–H and O–H groups in total. The summed E-state index contributed by atoms with van der Waals surface area (Å²) < 4.78 is 15.1. The largest absolute Gasteiger partial charge is 0.493 e. The van der Waals surface area contributed by atoms with Gasteiger partial charge in [-0.15, -0.1) is 0 Å². The predicted octanol–water partition coefficient (Wildman–Crippen LogP) is 1.78. The molecule has 1 fully saturated rings. The minimum Gasteiger partial charge on any atom is -0.493 e. The fourth-order valence-electron chi connectivity index (χ4n) is 2.93. The SMILES string of the molecule is COC(=O)COc1ccc(C=C2C(=O)NC(=S)N(c3cccc(C(=O)O)c3)C2=O)cc1OC. The zero-order valence-corrected chi connectivity index (χ0v) is 18.3. The van der Waals surface area contributed by atoms with Crippen LogP contribution in [-0.2, 0) is 19.1 Å². The standard InChI is InChI=1S/C22H18N2O8S/c1-30-17-9-12(6-7-16(17)32-11-18(25)31-2)8-15-19(26)23-22(33)24(20(15)27)14-5-3-4-13(10-14)21(28)29/h3-10H,11H2,1-2H3,(H,28,29)(H,23,26,33). The lowest BCUT2D eigenvalue weighted by atomic mass is 10.1. The number of carbonyl (C=O) groups is 4. The number of carbonyl (C=O) groups excluding carboxylic acids is 3. The van der Waals surface area contributed by atoms with Crippen LogP contribution in [-0.4, -0.2) is 54.8 Å². The molecule has 0 atom stereocenters. The highest BCUT2D eigenvalue weighted by Crippen LogP contribution is 2.30. The van der Waals surface area contributed by atoms with Gasteiger partial charge in [0.2, 0.25) is 0 Å². The number of hydrogen-bond acceptors (Lipinski definition) is 8. The third-order valence-corrected chi connectivity index (χ3v) is 4.81. The summed E-state index contributed by atoms with van der Waals surface area (Å²) in [6.45, 7) is -0.323. The van der Waals surface area contributed by atoms with Crippen LogP contribution in [0.25, 0.3) is 6.08 Å². The van der Waals surface area contributed by atoms with E-state index in [4.69, 9.17) is 21.7 Å². The van der Waals surface area contributed by atoms with Gasteiger partial charge in [0.25, 0.3) is 11.8 Å². The molecule has 0 aliphatic carbocycles. The summed E-state index contributed by atoms with van der Waals surface area (Å²) in [4.78, 5) is 49.2. The molecule has 170 valence electrons. The van der Waals surface area contributed by atoms with Gasteiger partial charge in [0, 0.05) is 0 Å². The van der Waals surface area contributed by atoms with Crippen LogP contribution < -0.4 is 19.7 Å². The molecule has 1 aliphatic rings. The summed E-state index contributed by atoms with van der Waals surface area (Å²) >= 11 is 5.13. The van der Waals surface area contributed by atoms with Gasteiger partial charge < -0.3 is 19.3 Å². The topological polar surface area (TPSA) is 131 Å². The van der Waals surface area contributed by atoms with Gasteiger partial charge in [0.05, 0.1) is 25.5 Å². The maximum absolute atomic E-state index is 13.1. The summed E-state index contributed by atoms with van der Waals surface area (Å²) in [5, 5.41) is 11.5. The molecule has 0 bridgehead atoms. The van der Waals surface area contributed by atoms with Gasteiger partial charge in [0.15, 0.2) is 23.2 Å². The Bertz CT molecular complexity index is 1190. The van der Waals surface area contributed by atoms with Gasteiger partial charge in [-0.3, -0.25) is 19.8 Å². The highest BCUT2D eigenvalue weighted by molar-refractivity contribution is 7.80. The molecule has 2 aromatic carbocycles. The first-order chi connectivity index (χ1) is 15.7. The van der Waals surface area contributed by atoms with Crippen molar-refractivity contribution >= 4 is 52.8 Å². The number of rotatable bonds is 7. The molecule has 0 radical (unpaired) electrons. The summed E-state index contributed by atoms with van der Waals surface area (Å²) in [5.41, 5.74) is 0.357. The first-order valence-corrected chi connectivity index (χ1v) is 9.78. The lowest BCUT2D eigenvalue weighted by Crippen LogP contribution is -2.54. The quantitative estimate of drug-likeness (QED) is 0.269. The van der Waals surface area contributed by atoms with Crippen LogP contribution >= 0.6 is 12.2 Å². The normalized spacial score (nSPS) is 14.7. The highest BCUT2D eigenvalue weighted by Gasteiger charge is 2.34. The van der Waals surface area contributed by atoms with Crippen molar-refractivity contribution in [2.24, 2.45) is 0 Å². The Morgan fingerprint density at radius 3 is 2.55 bits per heavy atom. The van der Waals surface area contributed by atoms with Crippen LogP contribution in [0.15, 0.2) is 48.0 Å². The van der Waals surface area contributed by atoms with E-state index in [0.717, 1.165) is 4.90 Å². The van der Waals surface area contributed by atoms with Gasteiger partial charge in [0.1, 0.15) is 5.57 Å². The molecule has 3 rings (SSSR count). The molecule has 11 heteroatoms. The zero-order valence-electron chi connectivity index (χ0n) is 17.5. The van der Waals surface area contributed by atoms with Crippen molar-refractivity contribution in [1.82, 2.24) is 5.32 Å². The molecule has 10 nitrogen and oxygen atoms in total. The Morgan fingerprint density at radius 2 is 1.88 bits per heavy atom. The number of carboxylic acid groups (broad SMARTS) is 1. The van der Waals surface area contributed by atoms with E-state index in [2.05, 4.69) is 10.1 Å². The minimum atomic E-state index is -1.17. The predicted molar refractivity (Wildman–Crippen MR) is 120 cm³/mol. The highest BCUT2D eigenvalue weighted by atomic mass is 32.1. The maximum Gasteiger partial charge on any atom is 0.343 e. The number of carboxylic acids is 1. The molecule has 1 saturated heterocycles. The Kier molecular flexibility index (Phi) is 7.04. The molecular formula is C22H18N2O8S. The molecule has 33 heavy (non-hydrogen) atoms. The Balaban J connectivity index is 1.94. The molecular weight excluding hydrogens is 452 g/mol. The van der Waals surface area contributed by atoms with E-state index in [-0.39, 0.29) is 40.0 Å². The number of benzene rings is 2. The summed E-state index contributed by atoms with van der Waals surface area (Å²) in [6.07, 6.45) is 1.33. The second kappa shape index (κ2) is 9.92. The van der Waals surface area contributed by atoms with Crippen LogP contribution in [0.2, 0.25) is 0 Å². The zero-order chi connectivity index (χ0) is 24.1. The van der Waals surface area contributed by atoms with Crippen molar-refractivity contribution < 1.29 is 38.5 Å².